The number of piperidine rings is 1. The van der Waals surface area contributed by atoms with E-state index in [4.69, 9.17) is 11.6 Å². The molecule has 0 radical (unpaired) electrons. The third kappa shape index (κ3) is 1.95. The Bertz CT molecular complexity index is 399. The highest BCUT2D eigenvalue weighted by atomic mass is 35.5. The normalized spacial score (nSPS) is 30.4. The van der Waals surface area contributed by atoms with E-state index in [0.29, 0.717) is 30.1 Å². The van der Waals surface area contributed by atoms with E-state index in [2.05, 4.69) is 5.32 Å². The van der Waals surface area contributed by atoms with Crippen LogP contribution in [0.3, 0.4) is 0 Å². The molecule has 1 aromatic carbocycles. The molecule has 0 aromatic heterocycles. The van der Waals surface area contributed by atoms with Crippen molar-refractivity contribution < 1.29 is 9.50 Å². The van der Waals surface area contributed by atoms with Gasteiger partial charge in [0.15, 0.2) is 0 Å². The summed E-state index contributed by atoms with van der Waals surface area (Å²) in [6.45, 7) is 3.37. The van der Waals surface area contributed by atoms with Gasteiger partial charge in [0.2, 0.25) is 0 Å². The highest BCUT2D eigenvalue weighted by Gasteiger charge is 2.39. The number of aliphatic hydroxyl groups is 1. The highest BCUT2D eigenvalue weighted by molar-refractivity contribution is 6.31. The van der Waals surface area contributed by atoms with Gasteiger partial charge in [-0.3, -0.25) is 0 Å². The fraction of sp³-hybridized carbons (Fsp3) is 0.500. The van der Waals surface area contributed by atoms with E-state index >= 15 is 0 Å². The summed E-state index contributed by atoms with van der Waals surface area (Å²) in [7, 11) is 0. The van der Waals surface area contributed by atoms with Crippen LogP contribution in [0.2, 0.25) is 5.02 Å². The van der Waals surface area contributed by atoms with Crippen molar-refractivity contribution in [3.8, 4) is 0 Å². The fourth-order valence-corrected chi connectivity index (χ4v) is 2.52. The predicted octanol–water partition coefficient (Wildman–Crippen LogP) is 2.30. The van der Waals surface area contributed by atoms with Gasteiger partial charge < -0.3 is 10.4 Å². The molecule has 0 amide bonds. The SMILES string of the molecule is CC1CNCCC1(O)c1cc(F)ccc1Cl. The fourth-order valence-electron chi connectivity index (χ4n) is 2.24. The largest absolute Gasteiger partial charge is 0.385 e. The lowest BCUT2D eigenvalue weighted by atomic mass is 9.77. The molecule has 0 aliphatic carbocycles. The Labute approximate surface area is 99.4 Å². The van der Waals surface area contributed by atoms with E-state index in [1.165, 1.54) is 18.2 Å². The van der Waals surface area contributed by atoms with Crippen LogP contribution in [0.15, 0.2) is 18.2 Å². The molecule has 0 saturated carbocycles. The second-order valence-electron chi connectivity index (χ2n) is 4.40. The van der Waals surface area contributed by atoms with E-state index in [1.54, 1.807) is 0 Å². The number of hydrogen-bond acceptors (Lipinski definition) is 2. The zero-order chi connectivity index (χ0) is 11.8. The average molecular weight is 244 g/mol. The first-order valence-electron chi connectivity index (χ1n) is 5.42. The number of benzene rings is 1. The van der Waals surface area contributed by atoms with Crippen molar-refractivity contribution >= 4 is 11.6 Å². The molecule has 2 atom stereocenters. The van der Waals surface area contributed by atoms with E-state index in [1.807, 2.05) is 6.92 Å². The van der Waals surface area contributed by atoms with Crippen molar-refractivity contribution in [1.82, 2.24) is 5.32 Å². The summed E-state index contributed by atoms with van der Waals surface area (Å²) in [5.41, 5.74) is -0.520. The van der Waals surface area contributed by atoms with Gasteiger partial charge in [0, 0.05) is 23.0 Å². The average Bonchev–Trinajstić information content (AvgIpc) is 2.26. The molecule has 16 heavy (non-hydrogen) atoms. The van der Waals surface area contributed by atoms with Crippen LogP contribution >= 0.6 is 11.6 Å². The summed E-state index contributed by atoms with van der Waals surface area (Å²) in [5.74, 6) is -0.348. The van der Waals surface area contributed by atoms with E-state index in [0.717, 1.165) is 0 Å². The standard InChI is InChI=1S/C12H15ClFNO/c1-8-7-15-5-4-12(8,16)10-6-9(14)2-3-11(10)13/h2-3,6,8,15-16H,4-5,7H2,1H3. The summed E-state index contributed by atoms with van der Waals surface area (Å²) >= 11 is 6.04. The van der Waals surface area contributed by atoms with Crippen LogP contribution in [-0.4, -0.2) is 18.2 Å². The van der Waals surface area contributed by atoms with Crippen LogP contribution in [0.25, 0.3) is 0 Å². The molecule has 2 unspecified atom stereocenters. The molecule has 1 aliphatic rings. The van der Waals surface area contributed by atoms with Gasteiger partial charge in [-0.1, -0.05) is 18.5 Å². The zero-order valence-corrected chi connectivity index (χ0v) is 9.89. The molecule has 1 aromatic rings. The van der Waals surface area contributed by atoms with Crippen LogP contribution in [-0.2, 0) is 5.60 Å². The van der Waals surface area contributed by atoms with E-state index < -0.39 is 5.60 Å². The van der Waals surface area contributed by atoms with Crippen molar-refractivity contribution in [2.45, 2.75) is 18.9 Å². The van der Waals surface area contributed by atoms with Crippen molar-refractivity contribution in [2.75, 3.05) is 13.1 Å². The first-order chi connectivity index (χ1) is 7.54. The summed E-state index contributed by atoms with van der Waals surface area (Å²) in [6.07, 6.45) is 0.553. The van der Waals surface area contributed by atoms with Crippen LogP contribution in [0, 0.1) is 11.7 Å². The molecule has 1 saturated heterocycles. The minimum absolute atomic E-state index is 0.0144. The zero-order valence-electron chi connectivity index (χ0n) is 9.13. The maximum absolute atomic E-state index is 13.2. The van der Waals surface area contributed by atoms with Gasteiger partial charge in [0.05, 0.1) is 5.60 Å². The van der Waals surface area contributed by atoms with Gasteiger partial charge in [-0.15, -0.1) is 0 Å². The maximum Gasteiger partial charge on any atom is 0.123 e. The maximum atomic E-state index is 13.2. The number of halogens is 2. The minimum atomic E-state index is -1.02. The lowest BCUT2D eigenvalue weighted by molar-refractivity contribution is -0.0393. The van der Waals surface area contributed by atoms with Crippen LogP contribution in [0.1, 0.15) is 18.9 Å². The van der Waals surface area contributed by atoms with Gasteiger partial charge in [-0.05, 0) is 31.2 Å². The molecular formula is C12H15ClFNO. The first-order valence-corrected chi connectivity index (χ1v) is 5.80. The number of rotatable bonds is 1. The summed E-state index contributed by atoms with van der Waals surface area (Å²) in [6, 6.07) is 4.14. The second kappa shape index (κ2) is 4.32. The van der Waals surface area contributed by atoms with Crippen LogP contribution in [0.5, 0.6) is 0 Å². The Morgan fingerprint density at radius 1 is 1.56 bits per heavy atom. The lowest BCUT2D eigenvalue weighted by Gasteiger charge is -2.39. The molecule has 2 rings (SSSR count). The summed E-state index contributed by atoms with van der Waals surface area (Å²) in [5, 5.41) is 14.3. The highest BCUT2D eigenvalue weighted by Crippen LogP contribution is 2.38. The van der Waals surface area contributed by atoms with Crippen LogP contribution in [0.4, 0.5) is 4.39 Å². The Morgan fingerprint density at radius 2 is 2.31 bits per heavy atom. The van der Waals surface area contributed by atoms with E-state index in [-0.39, 0.29) is 11.7 Å². The Balaban J connectivity index is 2.44. The third-order valence-corrected chi connectivity index (χ3v) is 3.67. The Hall–Kier alpha value is -0.640. The summed E-state index contributed by atoms with van der Waals surface area (Å²) in [4.78, 5) is 0. The predicted molar refractivity (Wildman–Crippen MR) is 62.0 cm³/mol. The third-order valence-electron chi connectivity index (χ3n) is 3.34. The second-order valence-corrected chi connectivity index (χ2v) is 4.81. The molecule has 0 spiro atoms. The Morgan fingerprint density at radius 3 is 3.00 bits per heavy atom. The van der Waals surface area contributed by atoms with Gasteiger partial charge in [-0.2, -0.15) is 0 Å². The molecular weight excluding hydrogens is 229 g/mol. The van der Waals surface area contributed by atoms with Crippen molar-refractivity contribution in [2.24, 2.45) is 5.92 Å². The number of hydrogen-bond donors (Lipinski definition) is 2. The van der Waals surface area contributed by atoms with Gasteiger partial charge >= 0.3 is 0 Å². The topological polar surface area (TPSA) is 32.3 Å². The quantitative estimate of drug-likeness (QED) is 0.793. The van der Waals surface area contributed by atoms with Crippen molar-refractivity contribution in [1.29, 1.82) is 0 Å². The molecule has 0 bridgehead atoms. The molecule has 1 heterocycles. The lowest BCUT2D eigenvalue weighted by Crippen LogP contribution is -2.47. The monoisotopic (exact) mass is 243 g/mol. The van der Waals surface area contributed by atoms with Crippen LogP contribution < -0.4 is 5.32 Å². The molecule has 1 aliphatic heterocycles. The summed E-state index contributed by atoms with van der Waals surface area (Å²) < 4.78 is 13.2. The van der Waals surface area contributed by atoms with Gasteiger partial charge in [0.1, 0.15) is 5.82 Å². The van der Waals surface area contributed by atoms with Crippen molar-refractivity contribution in [3.05, 3.63) is 34.6 Å². The molecule has 2 nitrogen and oxygen atoms in total. The molecule has 1 fully saturated rings. The number of nitrogens with one attached hydrogen (secondary N) is 1. The molecule has 2 N–H and O–H groups in total. The van der Waals surface area contributed by atoms with Gasteiger partial charge in [-0.25, -0.2) is 4.39 Å². The van der Waals surface area contributed by atoms with Crippen molar-refractivity contribution in [3.63, 3.8) is 0 Å². The minimum Gasteiger partial charge on any atom is -0.385 e. The first kappa shape index (κ1) is 11.8. The van der Waals surface area contributed by atoms with E-state index in [9.17, 15) is 9.50 Å². The van der Waals surface area contributed by atoms with Gasteiger partial charge in [0.25, 0.3) is 0 Å². The molecule has 88 valence electrons. The smallest absolute Gasteiger partial charge is 0.123 e. The Kier molecular flexibility index (Phi) is 3.19. The molecule has 4 heteroatoms.